The average molecular weight is 420 g/mol. The van der Waals surface area contributed by atoms with Gasteiger partial charge in [0.2, 0.25) is 0 Å². The molecule has 3 aromatic rings. The molecule has 0 bridgehead atoms. The summed E-state index contributed by atoms with van der Waals surface area (Å²) in [7, 11) is 0. The number of carbonyl (C=O) groups excluding carboxylic acids is 1. The van der Waals surface area contributed by atoms with Crippen LogP contribution in [0.1, 0.15) is 47.4 Å². The second-order valence-electron chi connectivity index (χ2n) is 8.14. The van der Waals surface area contributed by atoms with Gasteiger partial charge in [-0.15, -0.1) is 0 Å². The fourth-order valence-corrected chi connectivity index (χ4v) is 3.85. The lowest BCUT2D eigenvalue weighted by Gasteiger charge is -2.35. The van der Waals surface area contributed by atoms with E-state index in [2.05, 4.69) is 53.5 Å². The van der Waals surface area contributed by atoms with Crippen LogP contribution in [0.25, 0.3) is 11.3 Å². The highest BCUT2D eigenvalue weighted by Gasteiger charge is 2.24. The van der Waals surface area contributed by atoms with Crippen LogP contribution in [0, 0.1) is 0 Å². The minimum Gasteiger partial charge on any atom is -0.379 e. The maximum absolute atomic E-state index is 12.8. The molecule has 162 valence electrons. The van der Waals surface area contributed by atoms with E-state index in [1.807, 2.05) is 30.3 Å². The number of amides is 1. The van der Waals surface area contributed by atoms with Gasteiger partial charge in [0, 0.05) is 31.3 Å². The molecule has 6 nitrogen and oxygen atoms in total. The fraction of sp³-hybridized carbons (Fsp3) is 0.360. The Morgan fingerprint density at radius 1 is 1.03 bits per heavy atom. The molecule has 1 saturated heterocycles. The van der Waals surface area contributed by atoms with Crippen LogP contribution in [0.5, 0.6) is 0 Å². The molecule has 0 spiro atoms. The predicted octanol–water partition coefficient (Wildman–Crippen LogP) is 4.27. The minimum atomic E-state index is -0.233. The lowest BCUT2D eigenvalue weighted by Crippen LogP contribution is -2.43. The van der Waals surface area contributed by atoms with Crippen LogP contribution >= 0.6 is 0 Å². The van der Waals surface area contributed by atoms with E-state index in [0.29, 0.717) is 31.4 Å². The van der Waals surface area contributed by atoms with E-state index in [9.17, 15) is 4.79 Å². The summed E-state index contributed by atoms with van der Waals surface area (Å²) in [6, 6.07) is 20.1. The number of rotatable bonds is 7. The molecule has 1 aliphatic heterocycles. The third kappa shape index (κ3) is 5.21. The topological polar surface area (TPSA) is 67.6 Å². The lowest BCUT2D eigenvalue weighted by molar-refractivity contribution is 0.0162. The smallest absolute Gasteiger partial charge is 0.273 e. The third-order valence-electron chi connectivity index (χ3n) is 5.73. The van der Waals surface area contributed by atoms with E-state index in [4.69, 9.17) is 9.26 Å². The van der Waals surface area contributed by atoms with Gasteiger partial charge in [-0.1, -0.05) is 73.6 Å². The van der Waals surface area contributed by atoms with Crippen LogP contribution in [0.15, 0.2) is 65.2 Å². The Labute approximate surface area is 183 Å². The van der Waals surface area contributed by atoms with Gasteiger partial charge in [-0.05, 0) is 17.0 Å². The van der Waals surface area contributed by atoms with Crippen molar-refractivity contribution < 1.29 is 14.1 Å². The van der Waals surface area contributed by atoms with Gasteiger partial charge in [-0.2, -0.15) is 0 Å². The highest BCUT2D eigenvalue weighted by molar-refractivity contribution is 5.93. The largest absolute Gasteiger partial charge is 0.379 e. The number of nitrogens with zero attached hydrogens (tertiary/aromatic N) is 2. The van der Waals surface area contributed by atoms with E-state index in [-0.39, 0.29) is 17.6 Å². The molecule has 2 heterocycles. The Morgan fingerprint density at radius 2 is 1.71 bits per heavy atom. The summed E-state index contributed by atoms with van der Waals surface area (Å²) in [5.41, 5.74) is 3.68. The standard InChI is InChI=1S/C25H29N3O3/c1-18(2)19-8-10-20(11-9-19)23(28-12-14-30-15-13-28)17-26-25(29)22-16-24(31-27-22)21-6-4-3-5-7-21/h3-11,16,18,23H,12-15,17H2,1-2H3,(H,26,29)/t23-/m1/s1. The van der Waals surface area contributed by atoms with Crippen molar-refractivity contribution in [3.63, 3.8) is 0 Å². The van der Waals surface area contributed by atoms with Crippen LogP contribution in [0.4, 0.5) is 0 Å². The van der Waals surface area contributed by atoms with Crippen molar-refractivity contribution in [3.05, 3.63) is 77.5 Å². The van der Waals surface area contributed by atoms with E-state index in [1.54, 1.807) is 6.07 Å². The molecule has 0 radical (unpaired) electrons. The number of ether oxygens (including phenoxy) is 1. The molecular weight excluding hydrogens is 390 g/mol. The summed E-state index contributed by atoms with van der Waals surface area (Å²) in [4.78, 5) is 15.1. The van der Waals surface area contributed by atoms with E-state index in [1.165, 1.54) is 11.1 Å². The van der Waals surface area contributed by atoms with Gasteiger partial charge in [-0.3, -0.25) is 9.69 Å². The van der Waals surface area contributed by atoms with Gasteiger partial charge < -0.3 is 14.6 Å². The number of aromatic nitrogens is 1. The molecular formula is C25H29N3O3. The SMILES string of the molecule is CC(C)c1ccc([C@@H](CNC(=O)c2cc(-c3ccccc3)on2)N2CCOCC2)cc1. The van der Waals surface area contributed by atoms with Crippen LogP contribution < -0.4 is 5.32 Å². The Bertz CT molecular complexity index is 977. The molecule has 1 amide bonds. The summed E-state index contributed by atoms with van der Waals surface area (Å²) < 4.78 is 10.9. The quantitative estimate of drug-likeness (QED) is 0.620. The van der Waals surface area contributed by atoms with Crippen LogP contribution in [0.2, 0.25) is 0 Å². The number of morpholine rings is 1. The van der Waals surface area contributed by atoms with Gasteiger partial charge in [0.1, 0.15) is 0 Å². The zero-order valence-electron chi connectivity index (χ0n) is 18.1. The first-order valence-corrected chi connectivity index (χ1v) is 10.8. The van der Waals surface area contributed by atoms with Crippen LogP contribution in [-0.4, -0.2) is 48.8 Å². The summed E-state index contributed by atoms with van der Waals surface area (Å²) in [6.45, 7) is 7.97. The summed E-state index contributed by atoms with van der Waals surface area (Å²) in [5.74, 6) is 0.837. The van der Waals surface area contributed by atoms with Gasteiger partial charge in [0.15, 0.2) is 11.5 Å². The van der Waals surface area contributed by atoms with E-state index >= 15 is 0 Å². The van der Waals surface area contributed by atoms with Gasteiger partial charge >= 0.3 is 0 Å². The average Bonchev–Trinajstić information content (AvgIpc) is 3.31. The maximum atomic E-state index is 12.8. The summed E-state index contributed by atoms with van der Waals surface area (Å²) in [5, 5.41) is 7.02. The summed E-state index contributed by atoms with van der Waals surface area (Å²) >= 11 is 0. The molecule has 1 N–H and O–H groups in total. The molecule has 6 heteroatoms. The first-order chi connectivity index (χ1) is 15.1. The molecule has 0 saturated carbocycles. The number of hydrogen-bond acceptors (Lipinski definition) is 5. The first kappa shape index (κ1) is 21.3. The Kier molecular flexibility index (Phi) is 6.79. The normalized spacial score (nSPS) is 15.7. The van der Waals surface area contributed by atoms with Gasteiger partial charge in [-0.25, -0.2) is 0 Å². The fourth-order valence-electron chi connectivity index (χ4n) is 3.85. The number of hydrogen-bond donors (Lipinski definition) is 1. The maximum Gasteiger partial charge on any atom is 0.273 e. The van der Waals surface area contributed by atoms with Crippen molar-refractivity contribution in [2.75, 3.05) is 32.8 Å². The second kappa shape index (κ2) is 9.90. The van der Waals surface area contributed by atoms with Gasteiger partial charge in [0.05, 0.1) is 19.3 Å². The third-order valence-corrected chi connectivity index (χ3v) is 5.73. The van der Waals surface area contributed by atoms with E-state index in [0.717, 1.165) is 18.7 Å². The molecule has 2 aromatic carbocycles. The highest BCUT2D eigenvalue weighted by Crippen LogP contribution is 2.24. The molecule has 1 aliphatic rings. The molecule has 31 heavy (non-hydrogen) atoms. The van der Waals surface area contributed by atoms with Crippen LogP contribution in [-0.2, 0) is 4.74 Å². The van der Waals surface area contributed by atoms with Crippen molar-refractivity contribution in [3.8, 4) is 11.3 Å². The molecule has 4 rings (SSSR count). The van der Waals surface area contributed by atoms with E-state index < -0.39 is 0 Å². The number of carbonyl (C=O) groups is 1. The number of nitrogens with one attached hydrogen (secondary N) is 1. The molecule has 1 aromatic heterocycles. The van der Waals surface area contributed by atoms with Crippen LogP contribution in [0.3, 0.4) is 0 Å². The van der Waals surface area contributed by atoms with Crippen molar-refractivity contribution in [1.82, 2.24) is 15.4 Å². The second-order valence-corrected chi connectivity index (χ2v) is 8.14. The minimum absolute atomic E-state index is 0.0783. The number of benzene rings is 2. The lowest BCUT2D eigenvalue weighted by atomic mass is 9.98. The molecule has 1 fully saturated rings. The Morgan fingerprint density at radius 3 is 2.39 bits per heavy atom. The van der Waals surface area contributed by atoms with Crippen molar-refractivity contribution in [2.24, 2.45) is 0 Å². The summed E-state index contributed by atoms with van der Waals surface area (Å²) in [6.07, 6.45) is 0. The first-order valence-electron chi connectivity index (χ1n) is 10.8. The van der Waals surface area contributed by atoms with Gasteiger partial charge in [0.25, 0.3) is 5.91 Å². The molecule has 1 atom stereocenters. The predicted molar refractivity (Wildman–Crippen MR) is 120 cm³/mol. The molecule has 0 unspecified atom stereocenters. The van der Waals surface area contributed by atoms with Crippen molar-refractivity contribution >= 4 is 5.91 Å². The Balaban J connectivity index is 1.47. The van der Waals surface area contributed by atoms with Crippen molar-refractivity contribution in [2.45, 2.75) is 25.8 Å². The Hall–Kier alpha value is -2.96. The van der Waals surface area contributed by atoms with Crippen molar-refractivity contribution in [1.29, 1.82) is 0 Å². The zero-order valence-corrected chi connectivity index (χ0v) is 18.1. The monoisotopic (exact) mass is 419 g/mol. The highest BCUT2D eigenvalue weighted by atomic mass is 16.5. The molecule has 0 aliphatic carbocycles. The zero-order chi connectivity index (χ0) is 21.6.